The van der Waals surface area contributed by atoms with E-state index in [1.807, 2.05) is 13.8 Å². The second-order valence-corrected chi connectivity index (χ2v) is 9.27. The Morgan fingerprint density at radius 1 is 1.03 bits per heavy atom. The van der Waals surface area contributed by atoms with Crippen LogP contribution in [0.2, 0.25) is 5.02 Å². The van der Waals surface area contributed by atoms with Gasteiger partial charge in [-0.05, 0) is 48.4 Å². The van der Waals surface area contributed by atoms with Crippen LogP contribution in [0.3, 0.4) is 0 Å². The third kappa shape index (κ3) is 4.66. The minimum atomic E-state index is -3.87. The van der Waals surface area contributed by atoms with Crippen molar-refractivity contribution in [2.75, 3.05) is 10.8 Å². The first-order valence-corrected chi connectivity index (χ1v) is 10.9. The number of hydrogen-bond donors (Lipinski definition) is 0. The first-order valence-electron chi connectivity index (χ1n) is 9.13. The molecule has 3 rings (SSSR count). The monoisotopic (exact) mass is 428 g/mol. The van der Waals surface area contributed by atoms with Crippen molar-refractivity contribution in [3.8, 4) is 0 Å². The van der Waals surface area contributed by atoms with Crippen LogP contribution in [0.4, 0.5) is 5.69 Å². The van der Waals surface area contributed by atoms with E-state index in [0.29, 0.717) is 16.3 Å². The zero-order chi connectivity index (χ0) is 21.0. The van der Waals surface area contributed by atoms with Crippen LogP contribution in [-0.2, 0) is 10.0 Å². The Bertz CT molecular complexity index is 1100. The molecule has 0 saturated carbocycles. The Labute approximate surface area is 176 Å². The molecule has 1 heterocycles. The molecule has 3 aromatic rings. The highest BCUT2D eigenvalue weighted by Crippen LogP contribution is 2.31. The number of anilines is 1. The highest BCUT2D eigenvalue weighted by molar-refractivity contribution is 7.92. The predicted molar refractivity (Wildman–Crippen MR) is 115 cm³/mol. The Balaban J connectivity index is 2.18. The number of hydrogen-bond acceptors (Lipinski definition) is 4. The van der Waals surface area contributed by atoms with Gasteiger partial charge in [-0.25, -0.2) is 8.42 Å². The van der Waals surface area contributed by atoms with Crippen molar-refractivity contribution in [2.45, 2.75) is 18.7 Å². The molecule has 150 valence electrons. The summed E-state index contributed by atoms with van der Waals surface area (Å²) in [4.78, 5) is 17.3. The fourth-order valence-corrected chi connectivity index (χ4v) is 4.78. The average Bonchev–Trinajstić information content (AvgIpc) is 2.73. The summed E-state index contributed by atoms with van der Waals surface area (Å²) < 4.78 is 28.2. The molecule has 0 bridgehead atoms. The summed E-state index contributed by atoms with van der Waals surface area (Å²) in [5.41, 5.74) is 0.933. The number of halogens is 1. The zero-order valence-corrected chi connectivity index (χ0v) is 17.7. The van der Waals surface area contributed by atoms with Crippen molar-refractivity contribution in [2.24, 2.45) is 5.92 Å². The van der Waals surface area contributed by atoms with E-state index in [1.165, 1.54) is 22.8 Å². The number of benzene rings is 2. The van der Waals surface area contributed by atoms with Gasteiger partial charge in [-0.3, -0.25) is 14.1 Å². The Morgan fingerprint density at radius 3 is 2.31 bits per heavy atom. The fraction of sp³-hybridized carbons (Fsp3) is 0.182. The summed E-state index contributed by atoms with van der Waals surface area (Å²) in [6, 6.07) is 16.0. The van der Waals surface area contributed by atoms with Gasteiger partial charge in [-0.2, -0.15) is 0 Å². The summed E-state index contributed by atoms with van der Waals surface area (Å²) in [6.07, 6.45) is 3.04. The van der Waals surface area contributed by atoms with E-state index in [4.69, 9.17) is 11.6 Å². The molecule has 0 aliphatic rings. The molecule has 0 N–H and O–H groups in total. The zero-order valence-electron chi connectivity index (χ0n) is 16.1. The highest BCUT2D eigenvalue weighted by atomic mass is 35.5. The van der Waals surface area contributed by atoms with Crippen molar-refractivity contribution in [3.63, 3.8) is 0 Å². The van der Waals surface area contributed by atoms with Gasteiger partial charge in [0, 0.05) is 35.1 Å². The van der Waals surface area contributed by atoms with Gasteiger partial charge in [0.1, 0.15) is 0 Å². The SMILES string of the molecule is CC(C)CN(c1ccc(Cl)cc1C(=O)c1ccncc1)S(=O)(=O)c1ccccc1. The third-order valence-electron chi connectivity index (χ3n) is 4.28. The third-order valence-corrected chi connectivity index (χ3v) is 6.31. The molecule has 5 nitrogen and oxygen atoms in total. The first-order chi connectivity index (χ1) is 13.8. The van der Waals surface area contributed by atoms with Crippen LogP contribution >= 0.6 is 11.6 Å². The number of carbonyl (C=O) groups is 1. The standard InChI is InChI=1S/C22H21ClN2O3S/c1-16(2)15-25(29(27,28)19-6-4-3-5-7-19)21-9-8-18(23)14-20(21)22(26)17-10-12-24-13-11-17/h3-14,16H,15H2,1-2H3. The van der Waals surface area contributed by atoms with Crippen molar-refractivity contribution in [1.29, 1.82) is 0 Å². The lowest BCUT2D eigenvalue weighted by atomic mass is 10.0. The summed E-state index contributed by atoms with van der Waals surface area (Å²) in [6.45, 7) is 4.07. The van der Waals surface area contributed by atoms with E-state index < -0.39 is 10.0 Å². The van der Waals surface area contributed by atoms with Crippen molar-refractivity contribution in [1.82, 2.24) is 4.98 Å². The van der Waals surface area contributed by atoms with Gasteiger partial charge >= 0.3 is 0 Å². The second kappa shape index (κ2) is 8.76. The Morgan fingerprint density at radius 2 is 1.69 bits per heavy atom. The van der Waals surface area contributed by atoms with Crippen molar-refractivity contribution >= 4 is 33.1 Å². The number of rotatable bonds is 7. The van der Waals surface area contributed by atoms with Crippen LogP contribution in [-0.4, -0.2) is 25.7 Å². The first kappa shape index (κ1) is 21.0. The maximum atomic E-state index is 13.4. The fourth-order valence-electron chi connectivity index (χ4n) is 2.94. The van der Waals surface area contributed by atoms with Gasteiger partial charge in [0.2, 0.25) is 0 Å². The number of aromatic nitrogens is 1. The summed E-state index contributed by atoms with van der Waals surface area (Å²) >= 11 is 6.16. The summed E-state index contributed by atoms with van der Waals surface area (Å²) in [7, 11) is -3.87. The van der Waals surface area contributed by atoms with E-state index >= 15 is 0 Å². The molecule has 0 aliphatic heterocycles. The molecule has 0 fully saturated rings. The lowest BCUT2D eigenvalue weighted by molar-refractivity contribution is 0.103. The summed E-state index contributed by atoms with van der Waals surface area (Å²) in [5.74, 6) is -0.282. The quantitative estimate of drug-likeness (QED) is 0.506. The van der Waals surface area contributed by atoms with E-state index in [-0.39, 0.29) is 28.7 Å². The van der Waals surface area contributed by atoms with Gasteiger partial charge in [0.25, 0.3) is 10.0 Å². The van der Waals surface area contributed by atoms with E-state index in [9.17, 15) is 13.2 Å². The largest absolute Gasteiger partial charge is 0.289 e. The van der Waals surface area contributed by atoms with Crippen LogP contribution in [0, 0.1) is 5.92 Å². The van der Waals surface area contributed by atoms with Crippen LogP contribution in [0.1, 0.15) is 29.8 Å². The van der Waals surface area contributed by atoms with Crippen molar-refractivity contribution in [3.05, 3.63) is 89.2 Å². The van der Waals surface area contributed by atoms with E-state index in [0.717, 1.165) is 0 Å². The smallest absolute Gasteiger partial charge is 0.264 e. The minimum Gasteiger partial charge on any atom is -0.289 e. The molecule has 0 unspecified atom stereocenters. The normalized spacial score (nSPS) is 11.4. The Kier molecular flexibility index (Phi) is 6.35. The topological polar surface area (TPSA) is 67.3 Å². The number of carbonyl (C=O) groups excluding carboxylic acids is 1. The van der Waals surface area contributed by atoms with Crippen LogP contribution in [0.25, 0.3) is 0 Å². The van der Waals surface area contributed by atoms with E-state index in [1.54, 1.807) is 54.6 Å². The molecule has 0 amide bonds. The number of pyridine rings is 1. The van der Waals surface area contributed by atoms with Crippen molar-refractivity contribution < 1.29 is 13.2 Å². The molecule has 0 radical (unpaired) electrons. The van der Waals surface area contributed by atoms with Crippen LogP contribution in [0.5, 0.6) is 0 Å². The number of ketones is 1. The van der Waals surface area contributed by atoms with Gasteiger partial charge in [0.15, 0.2) is 5.78 Å². The highest BCUT2D eigenvalue weighted by Gasteiger charge is 2.29. The van der Waals surface area contributed by atoms with Gasteiger partial charge in [-0.15, -0.1) is 0 Å². The summed E-state index contributed by atoms with van der Waals surface area (Å²) in [5, 5.41) is 0.354. The molecule has 29 heavy (non-hydrogen) atoms. The molecule has 0 spiro atoms. The van der Waals surface area contributed by atoms with Gasteiger partial charge in [-0.1, -0.05) is 43.6 Å². The Hall–Kier alpha value is -2.70. The minimum absolute atomic E-state index is 0.0352. The molecule has 2 aromatic carbocycles. The molecule has 0 saturated heterocycles. The van der Waals surface area contributed by atoms with Crippen LogP contribution in [0.15, 0.2) is 78.0 Å². The lowest BCUT2D eigenvalue weighted by Crippen LogP contribution is -2.35. The maximum absolute atomic E-state index is 13.4. The molecule has 0 aliphatic carbocycles. The molecule has 7 heteroatoms. The molecule has 1 aromatic heterocycles. The predicted octanol–water partition coefficient (Wildman–Crippen LogP) is 4.82. The maximum Gasteiger partial charge on any atom is 0.264 e. The number of sulfonamides is 1. The van der Waals surface area contributed by atoms with E-state index in [2.05, 4.69) is 4.98 Å². The molecule has 0 atom stereocenters. The lowest BCUT2D eigenvalue weighted by Gasteiger charge is -2.28. The average molecular weight is 429 g/mol. The van der Waals surface area contributed by atoms with Gasteiger partial charge < -0.3 is 0 Å². The molecular formula is C22H21ClN2O3S. The molecular weight excluding hydrogens is 408 g/mol. The van der Waals surface area contributed by atoms with Crippen LogP contribution < -0.4 is 4.31 Å². The second-order valence-electron chi connectivity index (χ2n) is 6.97. The number of nitrogens with zero attached hydrogens (tertiary/aromatic N) is 2. The van der Waals surface area contributed by atoms with Gasteiger partial charge in [0.05, 0.1) is 10.6 Å².